The fraction of sp³-hybridized carbons (Fsp3) is 0.351. The number of furan rings is 1. The van der Waals surface area contributed by atoms with Crippen molar-refractivity contribution in [1.82, 2.24) is 20.9 Å². The lowest BCUT2D eigenvalue weighted by atomic mass is 9.93. The van der Waals surface area contributed by atoms with Gasteiger partial charge in [0.1, 0.15) is 19.3 Å². The van der Waals surface area contributed by atoms with E-state index in [4.69, 9.17) is 13.9 Å². The molecular formula is C37H44N4O7. The smallest absolute Gasteiger partial charge is 0.408 e. The average Bonchev–Trinajstić information content (AvgIpc) is 3.60. The SMILES string of the molecule is Cc1cccc(COC(=O)N[C@H](C(=O)N[C@@H](Cc2ccccc2)[C@@H](O)C[C@H](Cc2ccccc2)NC(=O)OCc2ccoc2)C(C)C)n1. The fourth-order valence-corrected chi connectivity index (χ4v) is 5.23. The zero-order chi connectivity index (χ0) is 34.3. The van der Waals surface area contributed by atoms with Gasteiger partial charge in [-0.1, -0.05) is 80.6 Å². The number of aromatic nitrogens is 1. The van der Waals surface area contributed by atoms with E-state index >= 15 is 0 Å². The van der Waals surface area contributed by atoms with Gasteiger partial charge in [-0.25, -0.2) is 9.59 Å². The van der Waals surface area contributed by atoms with Crippen LogP contribution in [0.4, 0.5) is 9.59 Å². The lowest BCUT2D eigenvalue weighted by Crippen LogP contribution is -2.56. The summed E-state index contributed by atoms with van der Waals surface area (Å²) in [6.07, 6.45) is 1.36. The van der Waals surface area contributed by atoms with Crippen molar-refractivity contribution in [3.8, 4) is 0 Å². The molecule has 0 aliphatic heterocycles. The van der Waals surface area contributed by atoms with Gasteiger partial charge in [0.15, 0.2) is 0 Å². The van der Waals surface area contributed by atoms with Crippen molar-refractivity contribution in [2.75, 3.05) is 0 Å². The van der Waals surface area contributed by atoms with E-state index in [1.807, 2.05) is 93.6 Å². The van der Waals surface area contributed by atoms with E-state index in [1.165, 1.54) is 12.5 Å². The molecule has 0 spiro atoms. The molecule has 2 aromatic carbocycles. The molecule has 0 unspecified atom stereocenters. The number of alkyl carbamates (subject to hydrolysis) is 2. The van der Waals surface area contributed by atoms with Crippen LogP contribution < -0.4 is 16.0 Å². The van der Waals surface area contributed by atoms with E-state index in [-0.39, 0.29) is 25.6 Å². The lowest BCUT2D eigenvalue weighted by molar-refractivity contribution is -0.125. The Morgan fingerprint density at radius 2 is 1.42 bits per heavy atom. The molecule has 0 aliphatic carbocycles. The van der Waals surface area contributed by atoms with Gasteiger partial charge in [0.2, 0.25) is 5.91 Å². The molecule has 0 saturated carbocycles. The van der Waals surface area contributed by atoms with Crippen LogP contribution in [0.3, 0.4) is 0 Å². The Hall–Kier alpha value is -5.16. The second-order valence-electron chi connectivity index (χ2n) is 12.1. The first-order chi connectivity index (χ1) is 23.2. The predicted molar refractivity (Wildman–Crippen MR) is 180 cm³/mol. The molecule has 48 heavy (non-hydrogen) atoms. The molecule has 11 nitrogen and oxygen atoms in total. The monoisotopic (exact) mass is 656 g/mol. The van der Waals surface area contributed by atoms with E-state index in [0.717, 1.165) is 16.8 Å². The molecule has 0 radical (unpaired) electrons. The van der Waals surface area contributed by atoms with Gasteiger partial charge in [0.05, 0.1) is 30.4 Å². The molecule has 4 N–H and O–H groups in total. The van der Waals surface area contributed by atoms with Crippen molar-refractivity contribution in [2.45, 2.75) is 77.5 Å². The van der Waals surface area contributed by atoms with Crippen LogP contribution in [0.15, 0.2) is 102 Å². The molecule has 11 heteroatoms. The van der Waals surface area contributed by atoms with E-state index in [1.54, 1.807) is 12.1 Å². The van der Waals surface area contributed by atoms with Crippen molar-refractivity contribution in [1.29, 1.82) is 0 Å². The Kier molecular flexibility index (Phi) is 13.6. The van der Waals surface area contributed by atoms with Gasteiger partial charge in [-0.3, -0.25) is 9.78 Å². The molecular weight excluding hydrogens is 612 g/mol. The number of nitrogens with one attached hydrogen (secondary N) is 3. The summed E-state index contributed by atoms with van der Waals surface area (Å²) in [5, 5.41) is 20.2. The molecule has 0 aliphatic rings. The highest BCUT2D eigenvalue weighted by molar-refractivity contribution is 5.86. The molecule has 2 heterocycles. The van der Waals surface area contributed by atoms with Crippen molar-refractivity contribution in [3.05, 3.63) is 126 Å². The molecule has 254 valence electrons. The summed E-state index contributed by atoms with van der Waals surface area (Å²) in [6, 6.07) is 24.0. The average molecular weight is 657 g/mol. The third-order valence-electron chi connectivity index (χ3n) is 7.73. The van der Waals surface area contributed by atoms with E-state index in [9.17, 15) is 19.5 Å². The molecule has 0 fully saturated rings. The van der Waals surface area contributed by atoms with Gasteiger partial charge >= 0.3 is 12.2 Å². The van der Waals surface area contributed by atoms with Gasteiger partial charge in [0, 0.05) is 17.3 Å². The minimum Gasteiger partial charge on any atom is -0.472 e. The Morgan fingerprint density at radius 1 is 0.771 bits per heavy atom. The lowest BCUT2D eigenvalue weighted by Gasteiger charge is -2.30. The van der Waals surface area contributed by atoms with Crippen molar-refractivity contribution in [3.63, 3.8) is 0 Å². The van der Waals surface area contributed by atoms with E-state index in [0.29, 0.717) is 24.1 Å². The number of aryl methyl sites for hydroxylation is 1. The van der Waals surface area contributed by atoms with Crippen molar-refractivity contribution in [2.24, 2.45) is 5.92 Å². The number of carbonyl (C=O) groups excluding carboxylic acids is 3. The summed E-state index contributed by atoms with van der Waals surface area (Å²) in [5.41, 5.74) is 3.95. The maximum atomic E-state index is 13.7. The third kappa shape index (κ3) is 11.9. The summed E-state index contributed by atoms with van der Waals surface area (Å²) in [4.78, 5) is 43.6. The summed E-state index contributed by atoms with van der Waals surface area (Å²) in [5.74, 6) is -0.760. The second-order valence-corrected chi connectivity index (χ2v) is 12.1. The normalized spacial score (nSPS) is 13.5. The van der Waals surface area contributed by atoms with Crippen LogP contribution in [0, 0.1) is 12.8 Å². The molecule has 0 bridgehead atoms. The standard InChI is InChI=1S/C37H44N4O7/c1-25(2)34(41-37(45)48-24-30-16-10-11-26(3)38-30)35(43)40-32(20-28-14-8-5-9-15-28)33(42)21-31(19-27-12-6-4-7-13-27)39-36(44)47-23-29-17-18-46-22-29/h4-18,22,25,31-34,42H,19-21,23-24H2,1-3H3,(H,39,44)(H,40,43)(H,41,45)/t31-,32-,33-,34-/m0/s1. The van der Waals surface area contributed by atoms with Crippen LogP contribution in [0.1, 0.15) is 48.3 Å². The van der Waals surface area contributed by atoms with Gasteiger partial charge in [0.25, 0.3) is 0 Å². The molecule has 4 rings (SSSR count). The number of aliphatic hydroxyl groups is 1. The summed E-state index contributed by atoms with van der Waals surface area (Å²) >= 11 is 0. The molecule has 3 amide bonds. The molecule has 4 atom stereocenters. The number of pyridine rings is 1. The number of hydrogen-bond acceptors (Lipinski definition) is 8. The zero-order valence-electron chi connectivity index (χ0n) is 27.5. The van der Waals surface area contributed by atoms with E-state index < -0.39 is 42.3 Å². The van der Waals surface area contributed by atoms with E-state index in [2.05, 4.69) is 20.9 Å². The maximum Gasteiger partial charge on any atom is 0.408 e. The van der Waals surface area contributed by atoms with Crippen LogP contribution >= 0.6 is 0 Å². The minimum absolute atomic E-state index is 0.0309. The summed E-state index contributed by atoms with van der Waals surface area (Å²) < 4.78 is 15.8. The van der Waals surface area contributed by atoms with Crippen LogP contribution in [0.25, 0.3) is 0 Å². The number of amides is 3. The quantitative estimate of drug-likeness (QED) is 0.128. The highest BCUT2D eigenvalue weighted by atomic mass is 16.6. The summed E-state index contributed by atoms with van der Waals surface area (Å²) in [7, 11) is 0. The Balaban J connectivity index is 1.45. The predicted octanol–water partition coefficient (Wildman–Crippen LogP) is 5.25. The second kappa shape index (κ2) is 18.2. The van der Waals surface area contributed by atoms with Crippen LogP contribution in [0.5, 0.6) is 0 Å². The first kappa shape index (κ1) is 35.7. The third-order valence-corrected chi connectivity index (χ3v) is 7.73. The van der Waals surface area contributed by atoms with Crippen molar-refractivity contribution < 1.29 is 33.4 Å². The molecule has 2 aromatic heterocycles. The van der Waals surface area contributed by atoms with Gasteiger partial charge in [-0.05, 0) is 61.4 Å². The Labute approximate surface area is 281 Å². The number of nitrogens with zero attached hydrogens (tertiary/aromatic N) is 1. The number of rotatable bonds is 16. The number of ether oxygens (including phenoxy) is 2. The number of benzene rings is 2. The number of aliphatic hydroxyl groups excluding tert-OH is 1. The first-order valence-corrected chi connectivity index (χ1v) is 16.0. The largest absolute Gasteiger partial charge is 0.472 e. The fourth-order valence-electron chi connectivity index (χ4n) is 5.23. The number of hydrogen-bond donors (Lipinski definition) is 4. The minimum atomic E-state index is -1.08. The molecule has 0 saturated heterocycles. The van der Waals surface area contributed by atoms with Crippen molar-refractivity contribution >= 4 is 18.1 Å². The zero-order valence-corrected chi connectivity index (χ0v) is 27.5. The van der Waals surface area contributed by atoms with Gasteiger partial charge < -0.3 is 34.9 Å². The van der Waals surface area contributed by atoms with Crippen LogP contribution in [-0.4, -0.2) is 52.4 Å². The Bertz CT molecular complexity index is 1570. The van der Waals surface area contributed by atoms with Crippen LogP contribution in [0.2, 0.25) is 0 Å². The topological polar surface area (TPSA) is 152 Å². The molecule has 4 aromatic rings. The highest BCUT2D eigenvalue weighted by Crippen LogP contribution is 2.16. The Morgan fingerprint density at radius 3 is 2.04 bits per heavy atom. The maximum absolute atomic E-state index is 13.7. The van der Waals surface area contributed by atoms with Crippen LogP contribution in [-0.2, 0) is 40.3 Å². The van der Waals surface area contributed by atoms with Gasteiger partial charge in [-0.2, -0.15) is 0 Å². The number of carbonyl (C=O) groups is 3. The highest BCUT2D eigenvalue weighted by Gasteiger charge is 2.31. The first-order valence-electron chi connectivity index (χ1n) is 16.0. The summed E-state index contributed by atoms with van der Waals surface area (Å²) in [6.45, 7) is 5.45. The van der Waals surface area contributed by atoms with Gasteiger partial charge in [-0.15, -0.1) is 0 Å².